The maximum absolute atomic E-state index is 6.35. The average molecular weight is 322 g/mol. The van der Waals surface area contributed by atoms with Crippen molar-refractivity contribution in [2.75, 3.05) is 20.3 Å². The number of fused-ring (bicyclic) bond motifs is 1. The number of hydrogen-bond acceptors (Lipinski definition) is 4. The molecule has 0 atom stereocenters. The maximum Gasteiger partial charge on any atom is 0.162 e. The van der Waals surface area contributed by atoms with Gasteiger partial charge in [0.05, 0.1) is 5.02 Å². The molecule has 5 heteroatoms. The Labute approximate surface area is 133 Å². The summed E-state index contributed by atoms with van der Waals surface area (Å²) < 4.78 is 11.1. The Morgan fingerprint density at radius 1 is 1.10 bits per heavy atom. The van der Waals surface area contributed by atoms with Crippen LogP contribution in [0.25, 0.3) is 0 Å². The second kappa shape index (κ2) is 6.60. The molecule has 0 aliphatic carbocycles. The number of benzene rings is 2. The fourth-order valence-corrected chi connectivity index (χ4v) is 3.32. The molecule has 21 heavy (non-hydrogen) atoms. The zero-order valence-corrected chi connectivity index (χ0v) is 13.3. The van der Waals surface area contributed by atoms with E-state index in [-0.39, 0.29) is 0 Å². The Bertz CT molecular complexity index is 648. The van der Waals surface area contributed by atoms with Crippen LogP contribution in [0.15, 0.2) is 46.2 Å². The van der Waals surface area contributed by atoms with E-state index in [1.165, 1.54) is 5.56 Å². The van der Waals surface area contributed by atoms with Crippen molar-refractivity contribution in [3.63, 3.8) is 0 Å². The number of nitrogens with one attached hydrogen (secondary N) is 1. The molecular weight excluding hydrogens is 306 g/mol. The fraction of sp³-hybridized carbons (Fsp3) is 0.250. The minimum absolute atomic E-state index is 0.598. The van der Waals surface area contributed by atoms with Gasteiger partial charge in [0.1, 0.15) is 13.2 Å². The van der Waals surface area contributed by atoms with Gasteiger partial charge in [-0.2, -0.15) is 0 Å². The molecule has 1 N–H and O–H groups in total. The molecule has 0 saturated carbocycles. The number of rotatable bonds is 4. The molecule has 1 aliphatic rings. The highest BCUT2D eigenvalue weighted by atomic mass is 35.5. The average Bonchev–Trinajstić information content (AvgIpc) is 2.50. The third-order valence-corrected chi connectivity index (χ3v) is 4.61. The van der Waals surface area contributed by atoms with Gasteiger partial charge in [-0.3, -0.25) is 0 Å². The van der Waals surface area contributed by atoms with Crippen LogP contribution < -0.4 is 14.8 Å². The van der Waals surface area contributed by atoms with Crippen molar-refractivity contribution >= 4 is 23.4 Å². The molecule has 1 heterocycles. The predicted molar refractivity (Wildman–Crippen MR) is 85.8 cm³/mol. The van der Waals surface area contributed by atoms with E-state index in [9.17, 15) is 0 Å². The smallest absolute Gasteiger partial charge is 0.162 e. The van der Waals surface area contributed by atoms with E-state index in [1.807, 2.05) is 31.3 Å². The Morgan fingerprint density at radius 3 is 2.67 bits per heavy atom. The SMILES string of the molecule is CNCc1ccc(Sc2ccc3c(c2)OCCO3)c(Cl)c1. The molecule has 0 spiro atoms. The van der Waals surface area contributed by atoms with Crippen LogP contribution in [0.1, 0.15) is 5.56 Å². The molecule has 0 radical (unpaired) electrons. The van der Waals surface area contributed by atoms with Gasteiger partial charge < -0.3 is 14.8 Å². The van der Waals surface area contributed by atoms with Crippen LogP contribution in [0.3, 0.4) is 0 Å². The first-order chi connectivity index (χ1) is 10.3. The normalized spacial score (nSPS) is 13.2. The molecule has 0 amide bonds. The topological polar surface area (TPSA) is 30.5 Å². The molecule has 0 aromatic heterocycles. The summed E-state index contributed by atoms with van der Waals surface area (Å²) in [4.78, 5) is 2.12. The molecular formula is C16H16ClNO2S. The molecule has 0 saturated heterocycles. The summed E-state index contributed by atoms with van der Waals surface area (Å²) in [6.45, 7) is 2.02. The van der Waals surface area contributed by atoms with Crippen LogP contribution in [0.4, 0.5) is 0 Å². The molecule has 0 bridgehead atoms. The zero-order valence-electron chi connectivity index (χ0n) is 11.7. The third kappa shape index (κ3) is 3.46. The highest BCUT2D eigenvalue weighted by Gasteiger charge is 2.13. The summed E-state index contributed by atoms with van der Waals surface area (Å²) in [5.74, 6) is 1.61. The zero-order chi connectivity index (χ0) is 14.7. The van der Waals surface area contributed by atoms with Crippen molar-refractivity contribution in [1.82, 2.24) is 5.32 Å². The summed E-state index contributed by atoms with van der Waals surface area (Å²) in [5.41, 5.74) is 1.18. The monoisotopic (exact) mass is 321 g/mol. The molecule has 2 aromatic rings. The first kappa shape index (κ1) is 14.6. The Hall–Kier alpha value is -1.36. The van der Waals surface area contributed by atoms with Gasteiger partial charge in [0.25, 0.3) is 0 Å². The van der Waals surface area contributed by atoms with Crippen LogP contribution in [-0.2, 0) is 6.54 Å². The highest BCUT2D eigenvalue weighted by Crippen LogP contribution is 2.39. The van der Waals surface area contributed by atoms with Gasteiger partial charge in [-0.1, -0.05) is 29.4 Å². The van der Waals surface area contributed by atoms with Crippen molar-refractivity contribution in [2.45, 2.75) is 16.3 Å². The predicted octanol–water partition coefficient (Wildman–Crippen LogP) is 3.98. The number of halogens is 1. The van der Waals surface area contributed by atoms with E-state index in [2.05, 4.69) is 17.4 Å². The summed E-state index contributed by atoms with van der Waals surface area (Å²) in [6, 6.07) is 12.1. The first-order valence-corrected chi connectivity index (χ1v) is 7.96. The van der Waals surface area contributed by atoms with E-state index in [0.717, 1.165) is 32.9 Å². The van der Waals surface area contributed by atoms with E-state index in [0.29, 0.717) is 13.2 Å². The van der Waals surface area contributed by atoms with E-state index in [1.54, 1.807) is 11.8 Å². The molecule has 1 aliphatic heterocycles. The van der Waals surface area contributed by atoms with E-state index in [4.69, 9.17) is 21.1 Å². The molecule has 0 fully saturated rings. The Balaban J connectivity index is 1.80. The van der Waals surface area contributed by atoms with Crippen molar-refractivity contribution in [3.05, 3.63) is 47.0 Å². The van der Waals surface area contributed by atoms with Crippen molar-refractivity contribution in [1.29, 1.82) is 0 Å². The van der Waals surface area contributed by atoms with Gasteiger partial charge in [-0.15, -0.1) is 0 Å². The van der Waals surface area contributed by atoms with Gasteiger partial charge in [-0.05, 0) is 42.9 Å². The van der Waals surface area contributed by atoms with Crippen LogP contribution in [-0.4, -0.2) is 20.3 Å². The van der Waals surface area contributed by atoms with E-state index < -0.39 is 0 Å². The number of ether oxygens (including phenoxy) is 2. The summed E-state index contributed by atoms with van der Waals surface area (Å²) in [6.07, 6.45) is 0. The second-order valence-electron chi connectivity index (χ2n) is 4.70. The van der Waals surface area contributed by atoms with Crippen LogP contribution in [0, 0.1) is 0 Å². The molecule has 3 rings (SSSR count). The Morgan fingerprint density at radius 2 is 1.90 bits per heavy atom. The lowest BCUT2D eigenvalue weighted by atomic mass is 10.2. The van der Waals surface area contributed by atoms with Gasteiger partial charge >= 0.3 is 0 Å². The summed E-state index contributed by atoms with van der Waals surface area (Å²) in [7, 11) is 1.92. The van der Waals surface area contributed by atoms with Gasteiger partial charge in [-0.25, -0.2) is 0 Å². The minimum atomic E-state index is 0.598. The number of hydrogen-bond donors (Lipinski definition) is 1. The molecule has 0 unspecified atom stereocenters. The maximum atomic E-state index is 6.35. The molecule has 2 aromatic carbocycles. The largest absolute Gasteiger partial charge is 0.486 e. The van der Waals surface area contributed by atoms with Gasteiger partial charge in [0, 0.05) is 16.3 Å². The fourth-order valence-electron chi connectivity index (χ4n) is 2.16. The first-order valence-electron chi connectivity index (χ1n) is 6.77. The third-order valence-electron chi connectivity index (χ3n) is 3.12. The molecule has 3 nitrogen and oxygen atoms in total. The van der Waals surface area contributed by atoms with E-state index >= 15 is 0 Å². The van der Waals surface area contributed by atoms with Crippen molar-refractivity contribution in [3.8, 4) is 11.5 Å². The lowest BCUT2D eigenvalue weighted by Gasteiger charge is -2.18. The van der Waals surface area contributed by atoms with Gasteiger partial charge in [0.2, 0.25) is 0 Å². The lowest BCUT2D eigenvalue weighted by molar-refractivity contribution is 0.171. The Kier molecular flexibility index (Phi) is 4.58. The lowest BCUT2D eigenvalue weighted by Crippen LogP contribution is -2.15. The van der Waals surface area contributed by atoms with Crippen LogP contribution in [0.5, 0.6) is 11.5 Å². The standard InChI is InChI=1S/C16H16ClNO2S/c1-18-10-11-2-5-16(13(17)8-11)21-12-3-4-14-15(9-12)20-7-6-19-14/h2-5,8-9,18H,6-7,10H2,1H3. The van der Waals surface area contributed by atoms with Crippen molar-refractivity contribution < 1.29 is 9.47 Å². The van der Waals surface area contributed by atoms with Gasteiger partial charge in [0.15, 0.2) is 11.5 Å². The molecule has 110 valence electrons. The highest BCUT2D eigenvalue weighted by molar-refractivity contribution is 7.99. The van der Waals surface area contributed by atoms with Crippen LogP contribution >= 0.6 is 23.4 Å². The minimum Gasteiger partial charge on any atom is -0.486 e. The van der Waals surface area contributed by atoms with Crippen molar-refractivity contribution in [2.24, 2.45) is 0 Å². The summed E-state index contributed by atoms with van der Waals surface area (Å²) in [5, 5.41) is 3.88. The summed E-state index contributed by atoms with van der Waals surface area (Å²) >= 11 is 7.98. The quantitative estimate of drug-likeness (QED) is 0.922. The second-order valence-corrected chi connectivity index (χ2v) is 6.23. The van der Waals surface area contributed by atoms with Crippen LogP contribution in [0.2, 0.25) is 5.02 Å².